The number of hydrogen-bond donors (Lipinski definition) is 1. The van der Waals surface area contributed by atoms with E-state index in [4.69, 9.17) is 4.74 Å². The fourth-order valence-electron chi connectivity index (χ4n) is 3.16. The number of aryl methyl sites for hydroxylation is 2. The van der Waals surface area contributed by atoms with E-state index >= 15 is 0 Å². The number of benzene rings is 2. The van der Waals surface area contributed by atoms with Crippen molar-refractivity contribution in [1.82, 2.24) is 24.7 Å². The molecule has 2 heterocycles. The van der Waals surface area contributed by atoms with Gasteiger partial charge in [-0.1, -0.05) is 30.0 Å². The van der Waals surface area contributed by atoms with Crippen molar-refractivity contribution >= 4 is 28.6 Å². The first-order chi connectivity index (χ1) is 14.5. The van der Waals surface area contributed by atoms with Crippen LogP contribution in [0.1, 0.15) is 27.6 Å². The van der Waals surface area contributed by atoms with Crippen LogP contribution in [0.15, 0.2) is 52.4 Å². The number of nitrogens with zero attached hydrogens (tertiary/aromatic N) is 4. The van der Waals surface area contributed by atoms with Crippen molar-refractivity contribution in [3.8, 4) is 5.69 Å². The standard InChI is InChI=1S/C21H19N5O3S/c1-12-6-4-5-7-17(12)26-13(2)24-25-21(26)30-11-18-22-16-10-14(20(28)29-3)8-9-15(16)19(27)23-18/h4-10H,11H2,1-3H3,(H,22,23,27). The van der Waals surface area contributed by atoms with Crippen molar-refractivity contribution in [2.24, 2.45) is 0 Å². The number of hydrogen-bond acceptors (Lipinski definition) is 7. The molecule has 0 saturated carbocycles. The molecule has 1 N–H and O–H groups in total. The quantitative estimate of drug-likeness (QED) is 0.390. The number of thioether (sulfide) groups is 1. The predicted octanol–water partition coefficient (Wildman–Crippen LogP) is 3.20. The highest BCUT2D eigenvalue weighted by atomic mass is 32.2. The highest BCUT2D eigenvalue weighted by Crippen LogP contribution is 2.26. The molecular formula is C21H19N5O3S. The number of carbonyl (C=O) groups excluding carboxylic acids is 1. The van der Waals surface area contributed by atoms with Crippen LogP contribution in [0, 0.1) is 13.8 Å². The lowest BCUT2D eigenvalue weighted by atomic mass is 10.1. The molecule has 0 atom stereocenters. The largest absolute Gasteiger partial charge is 0.465 e. The number of esters is 1. The molecule has 4 aromatic rings. The zero-order valence-corrected chi connectivity index (χ0v) is 17.5. The van der Waals surface area contributed by atoms with Crippen molar-refractivity contribution in [1.29, 1.82) is 0 Å². The van der Waals surface area contributed by atoms with E-state index in [1.165, 1.54) is 18.9 Å². The van der Waals surface area contributed by atoms with Crippen LogP contribution in [0.2, 0.25) is 0 Å². The highest BCUT2D eigenvalue weighted by Gasteiger charge is 2.15. The average molecular weight is 421 g/mol. The maximum Gasteiger partial charge on any atom is 0.337 e. The number of rotatable bonds is 5. The van der Waals surface area contributed by atoms with E-state index in [0.29, 0.717) is 33.2 Å². The van der Waals surface area contributed by atoms with Crippen LogP contribution < -0.4 is 5.56 Å². The molecule has 0 amide bonds. The molecule has 0 bridgehead atoms. The number of methoxy groups -OCH3 is 1. The molecule has 0 aliphatic carbocycles. The van der Waals surface area contributed by atoms with Gasteiger partial charge >= 0.3 is 5.97 Å². The van der Waals surface area contributed by atoms with Crippen molar-refractivity contribution in [3.05, 3.63) is 75.6 Å². The summed E-state index contributed by atoms with van der Waals surface area (Å²) in [6.07, 6.45) is 0. The van der Waals surface area contributed by atoms with E-state index in [2.05, 4.69) is 20.2 Å². The molecule has 0 aliphatic rings. The van der Waals surface area contributed by atoms with Crippen LogP contribution in [0.25, 0.3) is 16.6 Å². The van der Waals surface area contributed by atoms with Gasteiger partial charge in [0.25, 0.3) is 5.56 Å². The second kappa shape index (κ2) is 8.11. The first-order valence-corrected chi connectivity index (χ1v) is 10.2. The van der Waals surface area contributed by atoms with Crippen LogP contribution in [0.4, 0.5) is 0 Å². The third kappa shape index (κ3) is 3.71. The van der Waals surface area contributed by atoms with Gasteiger partial charge in [-0.05, 0) is 43.7 Å². The number of aromatic nitrogens is 5. The Bertz CT molecular complexity index is 1310. The number of carbonyl (C=O) groups is 1. The minimum atomic E-state index is -0.475. The summed E-state index contributed by atoms with van der Waals surface area (Å²) in [6, 6.07) is 12.7. The number of nitrogens with one attached hydrogen (secondary N) is 1. The van der Waals surface area contributed by atoms with E-state index in [9.17, 15) is 9.59 Å². The van der Waals surface area contributed by atoms with E-state index in [-0.39, 0.29) is 5.56 Å². The van der Waals surface area contributed by atoms with Crippen molar-refractivity contribution in [3.63, 3.8) is 0 Å². The normalized spacial score (nSPS) is 11.0. The van der Waals surface area contributed by atoms with Gasteiger partial charge in [0.1, 0.15) is 11.6 Å². The Labute approximate surface area is 176 Å². The Morgan fingerprint density at radius 1 is 1.17 bits per heavy atom. The predicted molar refractivity (Wildman–Crippen MR) is 114 cm³/mol. The topological polar surface area (TPSA) is 103 Å². The van der Waals surface area contributed by atoms with Gasteiger partial charge in [0.2, 0.25) is 0 Å². The fourth-order valence-corrected chi connectivity index (χ4v) is 4.02. The minimum Gasteiger partial charge on any atom is -0.465 e. The lowest BCUT2D eigenvalue weighted by Gasteiger charge is -2.11. The van der Waals surface area contributed by atoms with Gasteiger partial charge in [0.05, 0.1) is 35.0 Å². The first-order valence-electron chi connectivity index (χ1n) is 9.20. The van der Waals surface area contributed by atoms with Crippen LogP contribution in [-0.2, 0) is 10.5 Å². The molecule has 0 aliphatic heterocycles. The molecule has 0 radical (unpaired) electrons. The van der Waals surface area contributed by atoms with Gasteiger partial charge in [0, 0.05) is 0 Å². The summed E-state index contributed by atoms with van der Waals surface area (Å²) in [5, 5.41) is 9.59. The molecule has 0 unspecified atom stereocenters. The van der Waals surface area contributed by atoms with Crippen molar-refractivity contribution < 1.29 is 9.53 Å². The molecule has 8 nitrogen and oxygen atoms in total. The van der Waals surface area contributed by atoms with E-state index < -0.39 is 5.97 Å². The van der Waals surface area contributed by atoms with Gasteiger partial charge in [-0.15, -0.1) is 10.2 Å². The monoisotopic (exact) mass is 421 g/mol. The van der Waals surface area contributed by atoms with Crippen molar-refractivity contribution in [2.45, 2.75) is 24.8 Å². The molecule has 152 valence electrons. The summed E-state index contributed by atoms with van der Waals surface area (Å²) >= 11 is 1.42. The van der Waals surface area contributed by atoms with Gasteiger partial charge in [-0.3, -0.25) is 9.36 Å². The Kier molecular flexibility index (Phi) is 5.37. The van der Waals surface area contributed by atoms with Crippen LogP contribution in [-0.4, -0.2) is 37.8 Å². The molecule has 30 heavy (non-hydrogen) atoms. The fraction of sp³-hybridized carbons (Fsp3) is 0.190. The molecule has 0 spiro atoms. The van der Waals surface area contributed by atoms with Gasteiger partial charge in [0.15, 0.2) is 5.16 Å². The van der Waals surface area contributed by atoms with Crippen molar-refractivity contribution in [2.75, 3.05) is 7.11 Å². The third-order valence-electron chi connectivity index (χ3n) is 4.67. The Morgan fingerprint density at radius 2 is 1.97 bits per heavy atom. The summed E-state index contributed by atoms with van der Waals surface area (Å²) in [4.78, 5) is 31.5. The molecule has 2 aromatic carbocycles. The first kappa shape index (κ1) is 19.8. The van der Waals surface area contributed by atoms with Crippen LogP contribution in [0.3, 0.4) is 0 Å². The maximum atomic E-state index is 12.4. The summed E-state index contributed by atoms with van der Waals surface area (Å²) in [6.45, 7) is 3.93. The molecule has 9 heteroatoms. The molecular weight excluding hydrogens is 402 g/mol. The Morgan fingerprint density at radius 3 is 2.73 bits per heavy atom. The molecule has 0 fully saturated rings. The Hall–Kier alpha value is -3.46. The average Bonchev–Trinajstić information content (AvgIpc) is 3.11. The van der Waals surface area contributed by atoms with E-state index in [1.54, 1.807) is 18.2 Å². The zero-order chi connectivity index (χ0) is 21.3. The van der Waals surface area contributed by atoms with Crippen LogP contribution >= 0.6 is 11.8 Å². The van der Waals surface area contributed by atoms with Gasteiger partial charge < -0.3 is 9.72 Å². The third-order valence-corrected chi connectivity index (χ3v) is 5.61. The second-order valence-electron chi connectivity index (χ2n) is 6.68. The van der Waals surface area contributed by atoms with E-state index in [1.807, 2.05) is 42.7 Å². The molecule has 4 rings (SSSR count). The summed E-state index contributed by atoms with van der Waals surface area (Å²) in [5.41, 5.74) is 2.63. The number of ether oxygens (including phenoxy) is 1. The van der Waals surface area contributed by atoms with Gasteiger partial charge in [-0.25, -0.2) is 9.78 Å². The number of H-pyrrole nitrogens is 1. The summed E-state index contributed by atoms with van der Waals surface area (Å²) < 4.78 is 6.72. The highest BCUT2D eigenvalue weighted by molar-refractivity contribution is 7.98. The molecule has 0 saturated heterocycles. The van der Waals surface area contributed by atoms with Gasteiger partial charge in [-0.2, -0.15) is 0 Å². The minimum absolute atomic E-state index is 0.261. The Balaban J connectivity index is 1.66. The van der Waals surface area contributed by atoms with Crippen LogP contribution in [0.5, 0.6) is 0 Å². The lowest BCUT2D eigenvalue weighted by molar-refractivity contribution is 0.0601. The number of fused-ring (bicyclic) bond motifs is 1. The second-order valence-corrected chi connectivity index (χ2v) is 7.62. The number of para-hydroxylation sites is 1. The summed E-state index contributed by atoms with van der Waals surface area (Å²) in [7, 11) is 1.31. The smallest absolute Gasteiger partial charge is 0.337 e. The summed E-state index contributed by atoms with van der Waals surface area (Å²) in [5.74, 6) is 1.17. The SMILES string of the molecule is COC(=O)c1ccc2c(=O)[nH]c(CSc3nnc(C)n3-c3ccccc3C)nc2c1. The number of aromatic amines is 1. The zero-order valence-electron chi connectivity index (χ0n) is 16.7. The molecule has 2 aromatic heterocycles. The lowest BCUT2D eigenvalue weighted by Crippen LogP contribution is -2.12. The maximum absolute atomic E-state index is 12.4. The van der Waals surface area contributed by atoms with E-state index in [0.717, 1.165) is 17.1 Å².